The van der Waals surface area contributed by atoms with E-state index >= 15 is 0 Å². The molecule has 1 aliphatic heterocycles. The number of rotatable bonds is 6. The van der Waals surface area contributed by atoms with Gasteiger partial charge in [-0.15, -0.1) is 0 Å². The van der Waals surface area contributed by atoms with Crippen LogP contribution in [0.15, 0.2) is 48.8 Å². The molecule has 3 aromatic rings. The lowest BCUT2D eigenvalue weighted by molar-refractivity contribution is -0.138. The summed E-state index contributed by atoms with van der Waals surface area (Å²) in [6.45, 7) is 1.10. The number of hydrogen-bond donors (Lipinski definition) is 4. The van der Waals surface area contributed by atoms with Gasteiger partial charge < -0.3 is 30.1 Å². The van der Waals surface area contributed by atoms with Crippen LogP contribution in [0.25, 0.3) is 10.9 Å². The number of pyridine rings is 1. The summed E-state index contributed by atoms with van der Waals surface area (Å²) >= 11 is 0. The third-order valence-electron chi connectivity index (χ3n) is 5.41. The van der Waals surface area contributed by atoms with Gasteiger partial charge in [-0.05, 0) is 30.3 Å². The second-order valence-corrected chi connectivity index (χ2v) is 7.71. The topological polar surface area (TPSA) is 147 Å². The van der Waals surface area contributed by atoms with Crippen LogP contribution in [0.5, 0.6) is 11.5 Å². The van der Waals surface area contributed by atoms with E-state index in [1.807, 2.05) is 0 Å². The van der Waals surface area contributed by atoms with Crippen LogP contribution in [0, 0.1) is 0 Å². The van der Waals surface area contributed by atoms with Gasteiger partial charge in [0.1, 0.15) is 23.4 Å². The fourth-order valence-corrected chi connectivity index (χ4v) is 3.66. The number of urea groups is 1. The van der Waals surface area contributed by atoms with E-state index in [0.29, 0.717) is 37.8 Å². The van der Waals surface area contributed by atoms with Gasteiger partial charge in [0.15, 0.2) is 0 Å². The SMILES string of the molecule is CNC(=O)n1ccc2cc(Oc3ccnc(NC(=O)NC(CO)C(=O)N4CCOCC4)c3)ccc21. The molecule has 4 N–H and O–H groups in total. The maximum atomic E-state index is 12.5. The number of anilines is 1. The van der Waals surface area contributed by atoms with E-state index in [-0.39, 0.29) is 17.8 Å². The van der Waals surface area contributed by atoms with Crippen LogP contribution >= 0.6 is 0 Å². The van der Waals surface area contributed by atoms with Gasteiger partial charge >= 0.3 is 12.1 Å². The first kappa shape index (κ1) is 24.0. The lowest BCUT2D eigenvalue weighted by Gasteiger charge is -2.30. The molecule has 4 amide bonds. The summed E-state index contributed by atoms with van der Waals surface area (Å²) in [5.74, 6) is 0.771. The minimum atomic E-state index is -1.08. The number of ether oxygens (including phenoxy) is 2. The number of carbonyl (C=O) groups excluding carboxylic acids is 3. The molecule has 0 spiro atoms. The quantitative estimate of drug-likeness (QED) is 0.415. The molecule has 12 nitrogen and oxygen atoms in total. The molecule has 1 saturated heterocycles. The lowest BCUT2D eigenvalue weighted by Crippen LogP contribution is -2.54. The normalized spacial score (nSPS) is 14.3. The van der Waals surface area contributed by atoms with Crippen molar-refractivity contribution < 1.29 is 29.0 Å². The summed E-state index contributed by atoms with van der Waals surface area (Å²) in [5, 5.41) is 18.0. The first-order chi connectivity index (χ1) is 17.0. The van der Waals surface area contributed by atoms with E-state index in [9.17, 15) is 19.5 Å². The first-order valence-electron chi connectivity index (χ1n) is 11.0. The van der Waals surface area contributed by atoms with Crippen molar-refractivity contribution in [1.29, 1.82) is 0 Å². The number of fused-ring (bicyclic) bond motifs is 1. The first-order valence-corrected chi connectivity index (χ1v) is 11.0. The Morgan fingerprint density at radius 1 is 1.14 bits per heavy atom. The van der Waals surface area contributed by atoms with Gasteiger partial charge in [0.2, 0.25) is 5.91 Å². The third-order valence-corrected chi connectivity index (χ3v) is 5.41. The zero-order valence-corrected chi connectivity index (χ0v) is 19.1. The second kappa shape index (κ2) is 10.8. The molecule has 0 saturated carbocycles. The summed E-state index contributed by atoms with van der Waals surface area (Å²) in [6.07, 6.45) is 3.14. The van der Waals surface area contributed by atoms with Gasteiger partial charge in [0.25, 0.3) is 0 Å². The highest BCUT2D eigenvalue weighted by atomic mass is 16.5. The van der Waals surface area contributed by atoms with Crippen LogP contribution in [-0.4, -0.2) is 83.5 Å². The maximum Gasteiger partial charge on any atom is 0.325 e. The average molecular weight is 482 g/mol. The Morgan fingerprint density at radius 3 is 2.66 bits per heavy atom. The van der Waals surface area contributed by atoms with Crippen LogP contribution in [0.3, 0.4) is 0 Å². The Kier molecular flexibility index (Phi) is 7.43. The van der Waals surface area contributed by atoms with Crippen LogP contribution in [0.1, 0.15) is 0 Å². The molecule has 1 fully saturated rings. The Bertz CT molecular complexity index is 1220. The van der Waals surface area contributed by atoms with Crippen LogP contribution in [-0.2, 0) is 9.53 Å². The third kappa shape index (κ3) is 5.67. The number of morpholine rings is 1. The summed E-state index contributed by atoms with van der Waals surface area (Å²) < 4.78 is 12.6. The lowest BCUT2D eigenvalue weighted by atomic mass is 10.2. The van der Waals surface area contributed by atoms with Crippen molar-refractivity contribution in [2.24, 2.45) is 0 Å². The van der Waals surface area contributed by atoms with E-state index in [4.69, 9.17) is 9.47 Å². The number of hydrogen-bond acceptors (Lipinski definition) is 7. The molecular weight excluding hydrogens is 456 g/mol. The number of nitrogens with one attached hydrogen (secondary N) is 3. The molecule has 35 heavy (non-hydrogen) atoms. The van der Waals surface area contributed by atoms with Crippen molar-refractivity contribution in [3.05, 3.63) is 48.8 Å². The predicted molar refractivity (Wildman–Crippen MR) is 127 cm³/mol. The number of nitrogens with zero attached hydrogens (tertiary/aromatic N) is 3. The number of carbonyl (C=O) groups is 3. The molecule has 1 unspecified atom stereocenters. The molecular formula is C23H26N6O6. The minimum absolute atomic E-state index is 0.197. The molecule has 0 radical (unpaired) electrons. The number of aliphatic hydroxyl groups is 1. The van der Waals surface area contributed by atoms with Gasteiger partial charge in [0, 0.05) is 44.0 Å². The van der Waals surface area contributed by atoms with E-state index < -0.39 is 18.7 Å². The molecule has 2 aromatic heterocycles. The molecule has 1 atom stereocenters. The van der Waals surface area contributed by atoms with Gasteiger partial charge in [-0.2, -0.15) is 0 Å². The number of amides is 4. The standard InChI is InChI=1S/C23H26N6O6/c1-24-23(33)29-7-5-15-12-16(2-3-19(15)29)35-17-4-6-25-20(13-17)27-22(32)26-18(14-30)21(31)28-8-10-34-11-9-28/h2-7,12-13,18,30H,8-11,14H2,1H3,(H,24,33)(H2,25,26,27,32). The number of benzene rings is 1. The van der Waals surface area contributed by atoms with E-state index in [1.54, 1.807) is 43.6 Å². The Labute approximate surface area is 200 Å². The van der Waals surface area contributed by atoms with Gasteiger partial charge in [0.05, 0.1) is 25.3 Å². The maximum absolute atomic E-state index is 12.5. The van der Waals surface area contributed by atoms with Crippen molar-refractivity contribution in [3.63, 3.8) is 0 Å². The summed E-state index contributed by atoms with van der Waals surface area (Å²) in [6, 6.07) is 8.23. The van der Waals surface area contributed by atoms with Gasteiger partial charge in [-0.3, -0.25) is 14.7 Å². The highest BCUT2D eigenvalue weighted by Crippen LogP contribution is 2.27. The zero-order valence-electron chi connectivity index (χ0n) is 19.1. The van der Waals surface area contributed by atoms with Crippen molar-refractivity contribution in [2.45, 2.75) is 6.04 Å². The largest absolute Gasteiger partial charge is 0.457 e. The molecule has 4 rings (SSSR count). The number of aromatic nitrogens is 2. The van der Waals surface area contributed by atoms with Crippen molar-refractivity contribution >= 4 is 34.7 Å². The zero-order chi connectivity index (χ0) is 24.8. The Morgan fingerprint density at radius 2 is 1.91 bits per heavy atom. The minimum Gasteiger partial charge on any atom is -0.457 e. The highest BCUT2D eigenvalue weighted by Gasteiger charge is 2.26. The Hall–Kier alpha value is -4.16. The Balaban J connectivity index is 1.39. The molecule has 0 bridgehead atoms. The van der Waals surface area contributed by atoms with Gasteiger partial charge in [-0.25, -0.2) is 14.6 Å². The smallest absolute Gasteiger partial charge is 0.325 e. The molecule has 1 aromatic carbocycles. The predicted octanol–water partition coefficient (Wildman–Crippen LogP) is 1.36. The van der Waals surface area contributed by atoms with Crippen molar-refractivity contribution in [2.75, 3.05) is 45.3 Å². The molecule has 184 valence electrons. The van der Waals surface area contributed by atoms with Crippen LogP contribution in [0.2, 0.25) is 0 Å². The van der Waals surface area contributed by atoms with Crippen LogP contribution < -0.4 is 20.7 Å². The van der Waals surface area contributed by atoms with Crippen LogP contribution in [0.4, 0.5) is 15.4 Å². The van der Waals surface area contributed by atoms with E-state index in [1.165, 1.54) is 21.7 Å². The molecule has 3 heterocycles. The summed E-state index contributed by atoms with van der Waals surface area (Å²) in [7, 11) is 1.56. The monoisotopic (exact) mass is 482 g/mol. The number of aliphatic hydroxyl groups excluding tert-OH is 1. The second-order valence-electron chi connectivity index (χ2n) is 7.71. The highest BCUT2D eigenvalue weighted by molar-refractivity contribution is 5.93. The summed E-state index contributed by atoms with van der Waals surface area (Å²) in [4.78, 5) is 42.5. The van der Waals surface area contributed by atoms with Gasteiger partial charge in [-0.1, -0.05) is 0 Å². The molecule has 0 aliphatic carbocycles. The van der Waals surface area contributed by atoms with Crippen molar-refractivity contribution in [3.8, 4) is 11.5 Å². The fourth-order valence-electron chi connectivity index (χ4n) is 3.66. The summed E-state index contributed by atoms with van der Waals surface area (Å²) in [5.41, 5.74) is 0.732. The van der Waals surface area contributed by atoms with Crippen molar-refractivity contribution in [1.82, 2.24) is 25.1 Å². The molecule has 1 aliphatic rings. The average Bonchev–Trinajstić information content (AvgIpc) is 3.30. The van der Waals surface area contributed by atoms with E-state index in [2.05, 4.69) is 20.9 Å². The fraction of sp³-hybridized carbons (Fsp3) is 0.304. The van der Waals surface area contributed by atoms with E-state index in [0.717, 1.165) is 10.9 Å². The molecule has 12 heteroatoms.